The van der Waals surface area contributed by atoms with Crippen LogP contribution in [-0.2, 0) is 29.1 Å². The van der Waals surface area contributed by atoms with Gasteiger partial charge in [-0.1, -0.05) is 6.07 Å². The van der Waals surface area contributed by atoms with Crippen molar-refractivity contribution in [1.29, 1.82) is 0 Å². The van der Waals surface area contributed by atoms with Crippen molar-refractivity contribution in [2.75, 3.05) is 35.0 Å². The molecule has 2 heterocycles. The Bertz CT molecular complexity index is 1170. The third kappa shape index (κ3) is 5.02. The van der Waals surface area contributed by atoms with Crippen molar-refractivity contribution >= 4 is 17.8 Å². The highest BCUT2D eigenvalue weighted by atomic mass is 16.5. The molecule has 1 atom stereocenters. The monoisotopic (exact) mass is 497 g/mol. The maximum Gasteiger partial charge on any atom is 0.325 e. The number of ether oxygens (including phenoxy) is 4. The normalized spacial score (nSPS) is 16.9. The zero-order valence-corrected chi connectivity index (χ0v) is 21.0. The number of hydrogen-bond donors (Lipinski definition) is 1. The Hall–Kier alpha value is -3.95. The van der Waals surface area contributed by atoms with Crippen molar-refractivity contribution in [2.24, 2.45) is 0 Å². The maximum atomic E-state index is 12.9. The number of nitrogens with one attached hydrogen (secondary N) is 1. The van der Waals surface area contributed by atoms with Gasteiger partial charge >= 0.3 is 6.03 Å². The van der Waals surface area contributed by atoms with E-state index in [-0.39, 0.29) is 31.2 Å². The van der Waals surface area contributed by atoms with E-state index in [1.807, 2.05) is 12.1 Å². The summed E-state index contributed by atoms with van der Waals surface area (Å²) in [6.07, 6.45) is 1.10. The molecule has 2 aliphatic heterocycles. The molecular weight excluding hydrogens is 466 g/mol. The van der Waals surface area contributed by atoms with Gasteiger partial charge in [-0.2, -0.15) is 0 Å². The van der Waals surface area contributed by atoms with Crippen LogP contribution < -0.4 is 24.3 Å². The Balaban J connectivity index is 1.35. The highest BCUT2D eigenvalue weighted by Gasteiger charge is 2.38. The number of imide groups is 1. The number of nitrogens with zero attached hydrogens (tertiary/aromatic N) is 2. The van der Waals surface area contributed by atoms with Crippen molar-refractivity contribution in [2.45, 2.75) is 38.4 Å². The van der Waals surface area contributed by atoms with Gasteiger partial charge in [-0.15, -0.1) is 0 Å². The summed E-state index contributed by atoms with van der Waals surface area (Å²) in [6.45, 7) is 1.15. The van der Waals surface area contributed by atoms with Crippen LogP contribution in [0.3, 0.4) is 0 Å². The maximum absolute atomic E-state index is 12.9. The highest BCUT2D eigenvalue weighted by Crippen LogP contribution is 2.33. The molecule has 192 valence electrons. The van der Waals surface area contributed by atoms with Crippen LogP contribution in [0.25, 0.3) is 0 Å². The summed E-state index contributed by atoms with van der Waals surface area (Å²) >= 11 is 0. The average molecular weight is 498 g/mol. The average Bonchev–Trinajstić information content (AvgIpc) is 3.17. The van der Waals surface area contributed by atoms with E-state index in [1.54, 1.807) is 37.3 Å². The third-order valence-corrected chi connectivity index (χ3v) is 6.61. The summed E-state index contributed by atoms with van der Waals surface area (Å²) in [5.74, 6) is 1.97. The van der Waals surface area contributed by atoms with Crippen LogP contribution in [0.2, 0.25) is 0 Å². The number of benzene rings is 2. The van der Waals surface area contributed by atoms with Gasteiger partial charge in [0.2, 0.25) is 5.91 Å². The first-order valence-corrected chi connectivity index (χ1v) is 11.7. The Labute approximate surface area is 210 Å². The Kier molecular flexibility index (Phi) is 7.52. The number of carbonyl (C=O) groups is 3. The van der Waals surface area contributed by atoms with Gasteiger partial charge in [0.15, 0.2) is 23.0 Å². The second kappa shape index (κ2) is 10.8. The number of hydrogen-bond acceptors (Lipinski definition) is 7. The number of fused-ring (bicyclic) bond motifs is 1. The van der Waals surface area contributed by atoms with Gasteiger partial charge in [-0.05, 0) is 53.8 Å². The van der Waals surface area contributed by atoms with Crippen molar-refractivity contribution in [3.63, 3.8) is 0 Å². The van der Waals surface area contributed by atoms with E-state index in [2.05, 4.69) is 5.32 Å². The van der Waals surface area contributed by atoms with Crippen LogP contribution in [0.15, 0.2) is 30.3 Å². The van der Waals surface area contributed by atoms with E-state index in [4.69, 9.17) is 18.9 Å². The van der Waals surface area contributed by atoms with Crippen molar-refractivity contribution in [3.05, 3.63) is 47.0 Å². The molecule has 0 saturated carbocycles. The van der Waals surface area contributed by atoms with E-state index in [9.17, 15) is 14.4 Å². The molecule has 2 aromatic carbocycles. The smallest absolute Gasteiger partial charge is 0.325 e. The fraction of sp³-hybridized carbons (Fsp3) is 0.423. The molecule has 0 spiro atoms. The number of urea groups is 1. The standard InChI is InChI=1S/C26H31N3O7/c1-33-20-7-5-16(11-21(20)34-2)14-29-25(31)19(27-26(29)32)6-8-24(30)28-10-9-17-12-22(35-3)23(36-4)13-18(17)15-28/h5,7,11-13,19H,6,8-10,14-15H2,1-4H3,(H,27,32). The Morgan fingerprint density at radius 1 is 0.917 bits per heavy atom. The van der Waals surface area contributed by atoms with Crippen LogP contribution in [0.4, 0.5) is 4.79 Å². The van der Waals surface area contributed by atoms with E-state index in [1.165, 1.54) is 14.2 Å². The molecule has 36 heavy (non-hydrogen) atoms. The third-order valence-electron chi connectivity index (χ3n) is 6.61. The number of amides is 4. The lowest BCUT2D eigenvalue weighted by atomic mass is 9.98. The topological polar surface area (TPSA) is 107 Å². The number of methoxy groups -OCH3 is 4. The van der Waals surface area contributed by atoms with Crippen molar-refractivity contribution in [1.82, 2.24) is 15.1 Å². The van der Waals surface area contributed by atoms with E-state index >= 15 is 0 Å². The predicted molar refractivity (Wildman–Crippen MR) is 130 cm³/mol. The summed E-state index contributed by atoms with van der Waals surface area (Å²) in [5, 5.41) is 2.71. The van der Waals surface area contributed by atoms with Gasteiger partial charge in [0.1, 0.15) is 6.04 Å². The molecule has 0 aliphatic carbocycles. The zero-order valence-electron chi connectivity index (χ0n) is 21.0. The summed E-state index contributed by atoms with van der Waals surface area (Å²) in [4.78, 5) is 41.3. The molecular formula is C26H31N3O7. The molecule has 10 nitrogen and oxygen atoms in total. The molecule has 4 amide bonds. The molecule has 10 heteroatoms. The van der Waals surface area contributed by atoms with Gasteiger partial charge in [0, 0.05) is 19.5 Å². The molecule has 0 bridgehead atoms. The van der Waals surface area contributed by atoms with Gasteiger partial charge in [-0.25, -0.2) is 4.79 Å². The van der Waals surface area contributed by atoms with Crippen LogP contribution in [0.5, 0.6) is 23.0 Å². The second-order valence-corrected chi connectivity index (χ2v) is 8.70. The SMILES string of the molecule is COc1ccc(CN2C(=O)NC(CCC(=O)N3CCc4cc(OC)c(OC)cc4C3)C2=O)cc1OC. The summed E-state index contributed by atoms with van der Waals surface area (Å²) < 4.78 is 21.3. The van der Waals surface area contributed by atoms with Crippen LogP contribution >= 0.6 is 0 Å². The first-order chi connectivity index (χ1) is 17.4. The van der Waals surface area contributed by atoms with Crippen LogP contribution in [0.1, 0.15) is 29.5 Å². The summed E-state index contributed by atoms with van der Waals surface area (Å²) in [7, 11) is 6.24. The van der Waals surface area contributed by atoms with Crippen molar-refractivity contribution in [3.8, 4) is 23.0 Å². The Morgan fingerprint density at radius 2 is 1.56 bits per heavy atom. The minimum atomic E-state index is -0.733. The molecule has 0 aromatic heterocycles. The zero-order chi connectivity index (χ0) is 25.8. The lowest BCUT2D eigenvalue weighted by Gasteiger charge is -2.30. The van der Waals surface area contributed by atoms with Gasteiger partial charge in [0.05, 0.1) is 35.0 Å². The lowest BCUT2D eigenvalue weighted by Crippen LogP contribution is -2.37. The second-order valence-electron chi connectivity index (χ2n) is 8.70. The summed E-state index contributed by atoms with van der Waals surface area (Å²) in [5.41, 5.74) is 2.87. The van der Waals surface area contributed by atoms with E-state index < -0.39 is 12.1 Å². The quantitative estimate of drug-likeness (QED) is 0.531. The van der Waals surface area contributed by atoms with Crippen LogP contribution in [-0.4, -0.2) is 68.7 Å². The first kappa shape index (κ1) is 25.2. The molecule has 1 fully saturated rings. The highest BCUT2D eigenvalue weighted by molar-refractivity contribution is 6.04. The van der Waals surface area contributed by atoms with Crippen molar-refractivity contribution < 1.29 is 33.3 Å². The van der Waals surface area contributed by atoms with Gasteiger partial charge in [0.25, 0.3) is 5.91 Å². The molecule has 2 aliphatic rings. The predicted octanol–water partition coefficient (Wildman–Crippen LogP) is 2.51. The van der Waals surface area contributed by atoms with Gasteiger partial charge < -0.3 is 29.2 Å². The Morgan fingerprint density at radius 3 is 2.22 bits per heavy atom. The van der Waals surface area contributed by atoms with Gasteiger partial charge in [-0.3, -0.25) is 14.5 Å². The first-order valence-electron chi connectivity index (χ1n) is 11.7. The molecule has 4 rings (SSSR count). The lowest BCUT2D eigenvalue weighted by molar-refractivity contribution is -0.132. The largest absolute Gasteiger partial charge is 0.493 e. The molecule has 0 radical (unpaired) electrons. The summed E-state index contributed by atoms with van der Waals surface area (Å²) in [6, 6.07) is 7.89. The number of rotatable bonds is 9. The molecule has 2 aromatic rings. The number of carbonyl (C=O) groups excluding carboxylic acids is 3. The van der Waals surface area contributed by atoms with E-state index in [0.717, 1.165) is 21.6 Å². The molecule has 1 N–H and O–H groups in total. The molecule has 1 unspecified atom stereocenters. The fourth-order valence-electron chi connectivity index (χ4n) is 4.61. The van der Waals surface area contributed by atoms with Crippen LogP contribution in [0, 0.1) is 0 Å². The fourth-order valence-corrected chi connectivity index (χ4v) is 4.61. The molecule has 1 saturated heterocycles. The minimum Gasteiger partial charge on any atom is -0.493 e. The van der Waals surface area contributed by atoms with E-state index in [0.29, 0.717) is 42.5 Å². The minimum absolute atomic E-state index is 0.0594.